The Hall–Kier alpha value is -3.78. The number of carbonyl (C=O) groups is 1. The summed E-state index contributed by atoms with van der Waals surface area (Å²) in [6.45, 7) is 6.59. The molecule has 0 fully saturated rings. The van der Waals surface area contributed by atoms with Crippen molar-refractivity contribution in [2.75, 3.05) is 18.9 Å². The Kier molecular flexibility index (Phi) is 5.51. The molecule has 4 aromatic rings. The quantitative estimate of drug-likeness (QED) is 0.503. The minimum atomic E-state index is -0.268. The molecular weight excluding hydrogens is 416 g/mol. The first-order valence-electron chi connectivity index (χ1n) is 11.1. The van der Waals surface area contributed by atoms with Crippen LogP contribution >= 0.6 is 0 Å². The maximum atomic E-state index is 12.7. The molecule has 0 aliphatic carbocycles. The largest absolute Gasteiger partial charge is 0.474 e. The Morgan fingerprint density at radius 3 is 2.70 bits per heavy atom. The fraction of sp³-hybridized carbons (Fsp3) is 0.280. The average Bonchev–Trinajstić information content (AvgIpc) is 3.22. The van der Waals surface area contributed by atoms with Gasteiger partial charge in [-0.3, -0.25) is 15.0 Å². The molecule has 1 N–H and O–H groups in total. The molecule has 0 saturated heterocycles. The lowest BCUT2D eigenvalue weighted by Crippen LogP contribution is -2.30. The summed E-state index contributed by atoms with van der Waals surface area (Å²) < 4.78 is 8.22. The molecule has 8 heteroatoms. The fourth-order valence-corrected chi connectivity index (χ4v) is 4.00. The zero-order valence-corrected chi connectivity index (χ0v) is 18.9. The van der Waals surface area contributed by atoms with Gasteiger partial charge in [-0.25, -0.2) is 9.97 Å². The normalized spacial score (nSPS) is 13.8. The van der Waals surface area contributed by atoms with E-state index in [1.54, 1.807) is 12.1 Å². The summed E-state index contributed by atoms with van der Waals surface area (Å²) in [5.41, 5.74) is 3.31. The number of rotatable bonds is 5. The zero-order valence-electron chi connectivity index (χ0n) is 18.9. The number of carbonyl (C=O) groups excluding carboxylic acids is 1. The van der Waals surface area contributed by atoms with Crippen molar-refractivity contribution in [2.45, 2.75) is 33.0 Å². The van der Waals surface area contributed by atoms with Crippen molar-refractivity contribution < 1.29 is 9.53 Å². The van der Waals surface area contributed by atoms with E-state index in [9.17, 15) is 4.79 Å². The van der Waals surface area contributed by atoms with Crippen molar-refractivity contribution in [1.29, 1.82) is 0 Å². The number of benzene rings is 2. The van der Waals surface area contributed by atoms with Gasteiger partial charge in [0.2, 0.25) is 11.8 Å². The Morgan fingerprint density at radius 2 is 1.91 bits per heavy atom. The number of anilines is 1. The number of ether oxygens (including phenoxy) is 1. The molecule has 1 amide bonds. The molecule has 1 aliphatic heterocycles. The summed E-state index contributed by atoms with van der Waals surface area (Å²) in [7, 11) is 2.10. The fourth-order valence-electron chi connectivity index (χ4n) is 4.00. The molecule has 2 aromatic carbocycles. The van der Waals surface area contributed by atoms with Crippen molar-refractivity contribution in [1.82, 2.24) is 24.4 Å². The van der Waals surface area contributed by atoms with Gasteiger partial charge in [-0.15, -0.1) is 0 Å². The third kappa shape index (κ3) is 4.29. The lowest BCUT2D eigenvalue weighted by Gasteiger charge is -2.24. The molecule has 0 saturated carbocycles. The van der Waals surface area contributed by atoms with Gasteiger partial charge in [0.15, 0.2) is 0 Å². The van der Waals surface area contributed by atoms with Crippen LogP contribution in [0.25, 0.3) is 22.2 Å². The monoisotopic (exact) mass is 442 g/mol. The van der Waals surface area contributed by atoms with Crippen molar-refractivity contribution in [2.24, 2.45) is 0 Å². The van der Waals surface area contributed by atoms with Gasteiger partial charge in [0, 0.05) is 24.2 Å². The van der Waals surface area contributed by atoms with Crippen LogP contribution in [0, 0.1) is 0 Å². The van der Waals surface area contributed by atoms with E-state index in [2.05, 4.69) is 36.8 Å². The Balaban J connectivity index is 1.55. The van der Waals surface area contributed by atoms with Gasteiger partial charge in [-0.1, -0.05) is 24.3 Å². The smallest absolute Gasteiger partial charge is 0.258 e. The lowest BCUT2D eigenvalue weighted by molar-refractivity contribution is 0.102. The molecule has 0 spiro atoms. The molecule has 168 valence electrons. The van der Waals surface area contributed by atoms with Gasteiger partial charge in [0.25, 0.3) is 5.91 Å². The van der Waals surface area contributed by atoms with Gasteiger partial charge >= 0.3 is 0 Å². The Bertz CT molecular complexity index is 1320. The van der Waals surface area contributed by atoms with Crippen LogP contribution in [0.15, 0.2) is 54.7 Å². The highest BCUT2D eigenvalue weighted by atomic mass is 16.5. The molecule has 0 bridgehead atoms. The molecule has 8 nitrogen and oxygen atoms in total. The summed E-state index contributed by atoms with van der Waals surface area (Å²) in [4.78, 5) is 28.7. The second kappa shape index (κ2) is 8.63. The van der Waals surface area contributed by atoms with E-state index in [0.717, 1.165) is 42.1 Å². The first-order chi connectivity index (χ1) is 16.0. The number of imidazole rings is 1. The Morgan fingerprint density at radius 1 is 1.09 bits per heavy atom. The summed E-state index contributed by atoms with van der Waals surface area (Å²) in [6, 6.07) is 15.0. The van der Waals surface area contributed by atoms with Crippen LogP contribution in [0.1, 0.15) is 30.0 Å². The first-order valence-corrected chi connectivity index (χ1v) is 11.1. The number of fused-ring (bicyclic) bond motifs is 2. The van der Waals surface area contributed by atoms with Crippen molar-refractivity contribution in [3.8, 4) is 17.1 Å². The predicted octanol–water partition coefficient (Wildman–Crippen LogP) is 3.98. The number of aromatic nitrogens is 4. The molecular formula is C25H26N6O2. The molecule has 0 radical (unpaired) electrons. The SMILES string of the molecule is CC(C)Oc1nc(NC(=O)c2ccccc2)nc2cc(-c3cnc4n3CCN(C)C4)ccc12. The number of nitrogens with zero attached hydrogens (tertiary/aromatic N) is 5. The highest BCUT2D eigenvalue weighted by molar-refractivity contribution is 6.03. The van der Waals surface area contributed by atoms with E-state index in [1.807, 2.05) is 56.4 Å². The summed E-state index contributed by atoms with van der Waals surface area (Å²) in [5.74, 6) is 1.44. The average molecular weight is 443 g/mol. The van der Waals surface area contributed by atoms with E-state index in [-0.39, 0.29) is 18.0 Å². The van der Waals surface area contributed by atoms with E-state index in [4.69, 9.17) is 4.74 Å². The molecule has 0 unspecified atom stereocenters. The molecule has 0 atom stereocenters. The number of nitrogens with one attached hydrogen (secondary N) is 1. The third-order valence-electron chi connectivity index (χ3n) is 5.62. The van der Waals surface area contributed by atoms with E-state index in [0.29, 0.717) is 17.0 Å². The van der Waals surface area contributed by atoms with Crippen LogP contribution in [0.3, 0.4) is 0 Å². The van der Waals surface area contributed by atoms with Crippen molar-refractivity contribution in [3.63, 3.8) is 0 Å². The zero-order chi connectivity index (χ0) is 22.9. The van der Waals surface area contributed by atoms with Crippen LogP contribution in [-0.4, -0.2) is 50.0 Å². The topological polar surface area (TPSA) is 85.2 Å². The highest BCUT2D eigenvalue weighted by Crippen LogP contribution is 2.31. The molecule has 2 aromatic heterocycles. The van der Waals surface area contributed by atoms with Crippen molar-refractivity contribution in [3.05, 3.63) is 66.1 Å². The van der Waals surface area contributed by atoms with Gasteiger partial charge in [-0.2, -0.15) is 4.98 Å². The predicted molar refractivity (Wildman–Crippen MR) is 127 cm³/mol. The summed E-state index contributed by atoms with van der Waals surface area (Å²) in [6.07, 6.45) is 1.85. The van der Waals surface area contributed by atoms with Crippen LogP contribution in [0.2, 0.25) is 0 Å². The molecule has 5 rings (SSSR count). The number of hydrogen-bond acceptors (Lipinski definition) is 6. The van der Waals surface area contributed by atoms with Gasteiger partial charge in [0.05, 0.1) is 35.4 Å². The minimum Gasteiger partial charge on any atom is -0.474 e. The second-order valence-corrected chi connectivity index (χ2v) is 8.52. The van der Waals surface area contributed by atoms with Crippen molar-refractivity contribution >= 4 is 22.8 Å². The number of likely N-dealkylation sites (N-methyl/N-ethyl adjacent to an activating group) is 1. The van der Waals surface area contributed by atoms with E-state index in [1.165, 1.54) is 0 Å². The summed E-state index contributed by atoms with van der Waals surface area (Å²) in [5, 5.41) is 3.60. The molecule has 1 aliphatic rings. The van der Waals surface area contributed by atoms with Crippen LogP contribution in [0.4, 0.5) is 5.95 Å². The minimum absolute atomic E-state index is 0.0701. The molecule has 3 heterocycles. The lowest BCUT2D eigenvalue weighted by atomic mass is 10.1. The maximum Gasteiger partial charge on any atom is 0.258 e. The number of amides is 1. The van der Waals surface area contributed by atoms with E-state index >= 15 is 0 Å². The molecule has 33 heavy (non-hydrogen) atoms. The van der Waals surface area contributed by atoms with Gasteiger partial charge in [-0.05, 0) is 45.2 Å². The maximum absolute atomic E-state index is 12.7. The standard InChI is InChI=1S/C25H26N6O2/c1-16(2)33-24-19-10-9-18(21-14-26-22-15-30(3)11-12-31(21)22)13-20(19)27-25(29-24)28-23(32)17-7-5-4-6-8-17/h4-10,13-14,16H,11-12,15H2,1-3H3,(H,27,28,29,32). The third-order valence-corrected chi connectivity index (χ3v) is 5.62. The van der Waals surface area contributed by atoms with Gasteiger partial charge in [0.1, 0.15) is 5.82 Å². The second-order valence-electron chi connectivity index (χ2n) is 8.52. The van der Waals surface area contributed by atoms with Crippen LogP contribution in [-0.2, 0) is 13.1 Å². The van der Waals surface area contributed by atoms with E-state index < -0.39 is 0 Å². The Labute approximate surface area is 192 Å². The van der Waals surface area contributed by atoms with Gasteiger partial charge < -0.3 is 9.30 Å². The number of hydrogen-bond donors (Lipinski definition) is 1. The first kappa shape index (κ1) is 21.1. The summed E-state index contributed by atoms with van der Waals surface area (Å²) >= 11 is 0. The van der Waals surface area contributed by atoms with Crippen LogP contribution in [0.5, 0.6) is 5.88 Å². The highest BCUT2D eigenvalue weighted by Gasteiger charge is 2.19. The van der Waals surface area contributed by atoms with Crippen LogP contribution < -0.4 is 10.1 Å².